The van der Waals surface area contributed by atoms with E-state index in [-0.39, 0.29) is 24.2 Å². The van der Waals surface area contributed by atoms with Crippen molar-refractivity contribution in [3.8, 4) is 0 Å². The molecule has 0 aliphatic carbocycles. The average Bonchev–Trinajstić information content (AvgIpc) is 2.37. The molecule has 1 unspecified atom stereocenters. The summed E-state index contributed by atoms with van der Waals surface area (Å²) in [6, 6.07) is 8.21. The minimum Gasteiger partial charge on any atom is -0.282 e. The van der Waals surface area contributed by atoms with Gasteiger partial charge in [0.1, 0.15) is 6.17 Å². The monoisotopic (exact) mass is 326 g/mol. The van der Waals surface area contributed by atoms with Crippen molar-refractivity contribution in [1.29, 1.82) is 0 Å². The highest BCUT2D eigenvalue weighted by Gasteiger charge is 2.53. The van der Waals surface area contributed by atoms with Crippen molar-refractivity contribution in [2.75, 3.05) is 5.75 Å². The van der Waals surface area contributed by atoms with Crippen LogP contribution < -0.4 is 0 Å². The molecule has 0 N–H and O–H groups in total. The largest absolute Gasteiger partial charge is 0.312 e. The quantitative estimate of drug-likeness (QED) is 0.658. The Morgan fingerprint density at radius 3 is 2.29 bits per heavy atom. The van der Waals surface area contributed by atoms with Crippen molar-refractivity contribution in [2.45, 2.75) is 37.8 Å². The molecule has 0 saturated heterocycles. The van der Waals surface area contributed by atoms with E-state index in [4.69, 9.17) is 0 Å². The number of hydrogen-bond donors (Lipinski definition) is 0. The number of benzene rings is 1. The highest BCUT2D eigenvalue weighted by atomic mass is 32.2. The highest BCUT2D eigenvalue weighted by molar-refractivity contribution is 8.14. The van der Waals surface area contributed by atoms with Gasteiger partial charge < -0.3 is 0 Å². The fraction of sp³-hybridized carbons (Fsp3) is 0.500. The van der Waals surface area contributed by atoms with Crippen LogP contribution in [0.4, 0.5) is 22.0 Å². The first-order chi connectivity index (χ1) is 9.63. The van der Waals surface area contributed by atoms with Crippen molar-refractivity contribution in [1.82, 2.24) is 0 Å². The van der Waals surface area contributed by atoms with Gasteiger partial charge in [0.25, 0.3) is 0 Å². The lowest BCUT2D eigenvalue weighted by Crippen LogP contribution is -2.39. The first-order valence-corrected chi connectivity index (χ1v) is 7.24. The molecule has 1 rings (SSSR count). The molecule has 0 spiro atoms. The Morgan fingerprint density at radius 1 is 1.19 bits per heavy atom. The Morgan fingerprint density at radius 2 is 1.76 bits per heavy atom. The van der Waals surface area contributed by atoms with Gasteiger partial charge in [-0.25, -0.2) is 13.2 Å². The number of carbonyl (C=O) groups is 1. The number of alkyl halides is 5. The van der Waals surface area contributed by atoms with Crippen molar-refractivity contribution in [2.24, 2.45) is 0 Å². The number of halogens is 5. The summed E-state index contributed by atoms with van der Waals surface area (Å²) >= 11 is 0.780. The zero-order valence-corrected chi connectivity index (χ0v) is 12.1. The molecule has 0 saturated carbocycles. The molecule has 21 heavy (non-hydrogen) atoms. The number of carbonyl (C=O) groups excluding carboxylic acids is 1. The normalized spacial score (nSPS) is 14.0. The van der Waals surface area contributed by atoms with E-state index in [9.17, 15) is 26.7 Å². The maximum absolute atomic E-state index is 13.3. The number of rotatable bonds is 7. The van der Waals surface area contributed by atoms with Crippen LogP contribution in [0.5, 0.6) is 0 Å². The van der Waals surface area contributed by atoms with Crippen LogP contribution in [-0.4, -0.2) is 28.9 Å². The molecule has 0 fully saturated rings. The maximum atomic E-state index is 13.3. The van der Waals surface area contributed by atoms with Gasteiger partial charge in [-0.1, -0.05) is 42.1 Å². The SMILES string of the molecule is CC(F)(F)C(F)(F)CC(F)CCSC(=O)c1ccccc1. The number of hydrogen-bond acceptors (Lipinski definition) is 2. The van der Waals surface area contributed by atoms with Crippen LogP contribution in [0.15, 0.2) is 30.3 Å². The van der Waals surface area contributed by atoms with Gasteiger partial charge in [-0.15, -0.1) is 0 Å². The molecule has 0 aliphatic rings. The summed E-state index contributed by atoms with van der Waals surface area (Å²) < 4.78 is 64.4. The predicted octanol–water partition coefficient (Wildman–Crippen LogP) is 4.97. The Kier molecular flexibility index (Phi) is 6.19. The second kappa shape index (κ2) is 7.24. The minimum atomic E-state index is -4.39. The molecular weight excluding hydrogens is 311 g/mol. The lowest BCUT2D eigenvalue weighted by Gasteiger charge is -2.24. The summed E-state index contributed by atoms with van der Waals surface area (Å²) in [6.07, 6.45) is -4.01. The Labute approximate surface area is 123 Å². The topological polar surface area (TPSA) is 17.1 Å². The van der Waals surface area contributed by atoms with Gasteiger partial charge in [0.05, 0.1) is 0 Å². The Balaban J connectivity index is 2.38. The van der Waals surface area contributed by atoms with Crippen LogP contribution in [0.2, 0.25) is 0 Å². The molecule has 118 valence electrons. The third kappa shape index (κ3) is 5.65. The molecule has 1 nitrogen and oxygen atoms in total. The smallest absolute Gasteiger partial charge is 0.282 e. The lowest BCUT2D eigenvalue weighted by atomic mass is 10.1. The molecule has 0 bridgehead atoms. The molecule has 0 amide bonds. The summed E-state index contributed by atoms with van der Waals surface area (Å²) in [5, 5.41) is -0.310. The predicted molar refractivity (Wildman–Crippen MR) is 72.9 cm³/mol. The van der Waals surface area contributed by atoms with Crippen molar-refractivity contribution in [3.05, 3.63) is 35.9 Å². The molecule has 1 aromatic rings. The van der Waals surface area contributed by atoms with Crippen LogP contribution in [0, 0.1) is 0 Å². The van der Waals surface area contributed by atoms with E-state index < -0.39 is 24.4 Å². The number of thioether (sulfide) groups is 1. The standard InChI is InChI=1S/C14H15F5OS/c1-13(16,17)14(18,19)9-11(15)7-8-21-12(20)10-5-3-2-4-6-10/h2-6,11H,7-9H2,1H3. The highest BCUT2D eigenvalue weighted by Crippen LogP contribution is 2.38. The lowest BCUT2D eigenvalue weighted by molar-refractivity contribution is -0.207. The van der Waals surface area contributed by atoms with E-state index in [1.807, 2.05) is 0 Å². The van der Waals surface area contributed by atoms with Crippen molar-refractivity contribution < 1.29 is 26.7 Å². The zero-order valence-electron chi connectivity index (χ0n) is 11.3. The van der Waals surface area contributed by atoms with Crippen molar-refractivity contribution in [3.63, 3.8) is 0 Å². The Bertz CT molecular complexity index is 458. The molecule has 1 aromatic carbocycles. The first-order valence-electron chi connectivity index (χ1n) is 6.25. The van der Waals surface area contributed by atoms with E-state index in [1.165, 1.54) is 0 Å². The second-order valence-corrected chi connectivity index (χ2v) is 5.75. The van der Waals surface area contributed by atoms with Gasteiger partial charge >= 0.3 is 11.8 Å². The van der Waals surface area contributed by atoms with Crippen LogP contribution in [0.1, 0.15) is 30.1 Å². The molecule has 0 radical (unpaired) electrons. The fourth-order valence-electron chi connectivity index (χ4n) is 1.50. The minimum absolute atomic E-state index is 0.0414. The molecule has 7 heteroatoms. The molecule has 1 atom stereocenters. The maximum Gasteiger partial charge on any atom is 0.312 e. The van der Waals surface area contributed by atoms with E-state index >= 15 is 0 Å². The van der Waals surface area contributed by atoms with Gasteiger partial charge in [-0.05, 0) is 6.42 Å². The first kappa shape index (κ1) is 17.9. The zero-order chi connectivity index (χ0) is 16.1. The summed E-state index contributed by atoms with van der Waals surface area (Å²) in [7, 11) is 0. The Hall–Kier alpha value is -1.11. The van der Waals surface area contributed by atoms with Gasteiger partial charge in [-0.2, -0.15) is 8.78 Å². The summed E-state index contributed by atoms with van der Waals surface area (Å²) in [5.74, 6) is -8.69. The van der Waals surface area contributed by atoms with E-state index in [0.717, 1.165) is 11.8 Å². The van der Waals surface area contributed by atoms with Gasteiger partial charge in [-0.3, -0.25) is 4.79 Å². The summed E-state index contributed by atoms with van der Waals surface area (Å²) in [6.45, 7) is 0.0629. The van der Waals surface area contributed by atoms with Gasteiger partial charge in [0.15, 0.2) is 0 Å². The molecular formula is C14H15F5OS. The average molecular weight is 326 g/mol. The molecule has 0 heterocycles. The van der Waals surface area contributed by atoms with Crippen LogP contribution in [0.3, 0.4) is 0 Å². The van der Waals surface area contributed by atoms with E-state index in [2.05, 4.69) is 0 Å². The third-order valence-corrected chi connectivity index (χ3v) is 3.73. The fourth-order valence-corrected chi connectivity index (χ4v) is 2.36. The molecule has 0 aliphatic heterocycles. The van der Waals surface area contributed by atoms with Gasteiger partial charge in [0, 0.05) is 24.7 Å². The van der Waals surface area contributed by atoms with E-state index in [0.29, 0.717) is 5.56 Å². The molecule has 0 aromatic heterocycles. The van der Waals surface area contributed by atoms with Crippen molar-refractivity contribution >= 4 is 16.9 Å². The third-order valence-electron chi connectivity index (χ3n) is 2.79. The van der Waals surface area contributed by atoms with Crippen LogP contribution in [0.25, 0.3) is 0 Å². The summed E-state index contributed by atoms with van der Waals surface area (Å²) in [4.78, 5) is 11.6. The summed E-state index contributed by atoms with van der Waals surface area (Å²) in [5.41, 5.74) is 0.420. The second-order valence-electron chi connectivity index (χ2n) is 4.68. The van der Waals surface area contributed by atoms with Crippen LogP contribution in [-0.2, 0) is 0 Å². The van der Waals surface area contributed by atoms with Gasteiger partial charge in [0.2, 0.25) is 5.12 Å². The van der Waals surface area contributed by atoms with Crippen LogP contribution >= 0.6 is 11.8 Å². The van der Waals surface area contributed by atoms with E-state index in [1.54, 1.807) is 30.3 Å².